The molecule has 1 aliphatic rings. The van der Waals surface area contributed by atoms with Gasteiger partial charge >= 0.3 is 12.1 Å². The van der Waals surface area contributed by atoms with Crippen molar-refractivity contribution in [1.29, 1.82) is 5.26 Å². The number of nitrogen functional groups attached to an aromatic ring is 2. The fourth-order valence-corrected chi connectivity index (χ4v) is 2.60. The Morgan fingerprint density at radius 1 is 1.34 bits per heavy atom. The third-order valence-corrected chi connectivity index (χ3v) is 4.09. The number of nitrogens with zero attached hydrogens (tertiary/aromatic N) is 2. The van der Waals surface area contributed by atoms with Gasteiger partial charge in [-0.1, -0.05) is 0 Å². The van der Waals surface area contributed by atoms with Crippen molar-refractivity contribution in [2.45, 2.75) is 19.5 Å². The van der Waals surface area contributed by atoms with Crippen LogP contribution in [-0.4, -0.2) is 47.2 Å². The molecule has 0 fully saturated rings. The summed E-state index contributed by atoms with van der Waals surface area (Å²) in [4.78, 5) is 13.0. The minimum atomic E-state index is -5.08. The van der Waals surface area contributed by atoms with Crippen molar-refractivity contribution in [3.63, 3.8) is 0 Å². The number of anilines is 2. The zero-order valence-corrected chi connectivity index (χ0v) is 16.7. The summed E-state index contributed by atoms with van der Waals surface area (Å²) in [5, 5.41) is 26.4. The van der Waals surface area contributed by atoms with E-state index in [9.17, 15) is 18.3 Å². The molecule has 1 aromatic heterocycles. The molecule has 32 heavy (non-hydrogen) atoms. The lowest BCUT2D eigenvalue weighted by molar-refractivity contribution is -0.192. The number of rotatable bonds is 5. The Hall–Kier alpha value is -3.92. The fraction of sp³-hybridized carbons (Fsp3) is 0.316. The van der Waals surface area contributed by atoms with Crippen LogP contribution in [0.4, 0.5) is 24.7 Å². The molecule has 1 aliphatic heterocycles. The van der Waals surface area contributed by atoms with Crippen LogP contribution < -0.4 is 20.9 Å². The van der Waals surface area contributed by atoms with Gasteiger partial charge in [0, 0.05) is 30.2 Å². The number of carboxylic acids is 1. The predicted molar refractivity (Wildman–Crippen MR) is 104 cm³/mol. The first-order valence-electron chi connectivity index (χ1n) is 9.01. The number of phenols is 1. The maximum absolute atomic E-state index is 10.6. The van der Waals surface area contributed by atoms with E-state index < -0.39 is 12.1 Å². The number of nitriles is 1. The van der Waals surface area contributed by atoms with Crippen molar-refractivity contribution in [3.05, 3.63) is 28.8 Å². The molecule has 0 aliphatic carbocycles. The average Bonchev–Trinajstić information content (AvgIpc) is 2.71. The summed E-state index contributed by atoms with van der Waals surface area (Å²) in [6.07, 6.45) is -4.72. The average molecular weight is 456 g/mol. The quantitative estimate of drug-likeness (QED) is 0.418. The molecule has 0 spiro atoms. The molecule has 2 heterocycles. The van der Waals surface area contributed by atoms with E-state index in [0.29, 0.717) is 43.1 Å². The highest BCUT2D eigenvalue weighted by molar-refractivity contribution is 5.73. The van der Waals surface area contributed by atoms with E-state index in [0.717, 1.165) is 0 Å². The molecule has 6 N–H and O–H groups in total. The number of hydrogen-bond donors (Lipinski definition) is 4. The smallest absolute Gasteiger partial charge is 0.490 e. The van der Waals surface area contributed by atoms with E-state index in [1.54, 1.807) is 12.1 Å². The lowest BCUT2D eigenvalue weighted by atomic mass is 9.98. The second kappa shape index (κ2) is 9.92. The first-order valence-corrected chi connectivity index (χ1v) is 9.01. The predicted octanol–water partition coefficient (Wildman–Crippen LogP) is 2.57. The second-order valence-corrected chi connectivity index (χ2v) is 6.24. The normalized spacial score (nSPS) is 11.7. The zero-order chi connectivity index (χ0) is 24.1. The molecule has 10 nitrogen and oxygen atoms in total. The molecule has 172 valence electrons. The summed E-state index contributed by atoms with van der Waals surface area (Å²) < 4.78 is 48.2. The second-order valence-electron chi connectivity index (χ2n) is 6.24. The number of halogens is 3. The highest BCUT2D eigenvalue weighted by atomic mass is 19.4. The zero-order valence-electron chi connectivity index (χ0n) is 16.7. The Morgan fingerprint density at radius 3 is 2.56 bits per heavy atom. The molecule has 0 bridgehead atoms. The van der Waals surface area contributed by atoms with Gasteiger partial charge in [-0.15, -0.1) is 0 Å². The van der Waals surface area contributed by atoms with Crippen molar-refractivity contribution in [3.8, 4) is 29.2 Å². The molecule has 13 heteroatoms. The summed E-state index contributed by atoms with van der Waals surface area (Å²) in [5.74, 6) is -1.71. The molecule has 0 atom stereocenters. The molecular weight excluding hydrogens is 437 g/mol. The van der Waals surface area contributed by atoms with Crippen LogP contribution in [0.5, 0.6) is 23.1 Å². The number of nitrogens with two attached hydrogens (primary N) is 2. The van der Waals surface area contributed by atoms with Gasteiger partial charge in [0.1, 0.15) is 29.8 Å². The number of carboxylic acid groups (broad SMARTS) is 1. The van der Waals surface area contributed by atoms with Crippen LogP contribution in [-0.2, 0) is 16.0 Å². The number of phenolic OH excluding ortho intramolecular Hbond substituents is 1. The van der Waals surface area contributed by atoms with Crippen molar-refractivity contribution >= 4 is 17.5 Å². The van der Waals surface area contributed by atoms with Gasteiger partial charge in [-0.2, -0.15) is 23.4 Å². The maximum atomic E-state index is 10.6. The number of hydrogen-bond acceptors (Lipinski definition) is 9. The lowest BCUT2D eigenvalue weighted by Crippen LogP contribution is -2.21. The fourth-order valence-electron chi connectivity index (χ4n) is 2.60. The van der Waals surface area contributed by atoms with Crippen LogP contribution >= 0.6 is 0 Å². The van der Waals surface area contributed by atoms with Crippen LogP contribution in [0.2, 0.25) is 0 Å². The van der Waals surface area contributed by atoms with Gasteiger partial charge in [0.25, 0.3) is 0 Å². The number of fused-ring (bicyclic) bond motifs is 2. The number of aromatic hydroxyl groups is 1. The highest BCUT2D eigenvalue weighted by Crippen LogP contribution is 2.44. The third kappa shape index (κ3) is 5.61. The molecule has 0 saturated heterocycles. The monoisotopic (exact) mass is 456 g/mol. The number of pyridine rings is 1. The number of aliphatic carboxylic acids is 1. The Kier molecular flexibility index (Phi) is 7.55. The Morgan fingerprint density at radius 2 is 2.00 bits per heavy atom. The van der Waals surface area contributed by atoms with Crippen LogP contribution in [0.1, 0.15) is 23.6 Å². The third-order valence-electron chi connectivity index (χ3n) is 4.09. The van der Waals surface area contributed by atoms with Gasteiger partial charge in [0.15, 0.2) is 11.5 Å². The van der Waals surface area contributed by atoms with E-state index in [-0.39, 0.29) is 34.4 Å². The Labute approximate surface area is 179 Å². The van der Waals surface area contributed by atoms with Crippen LogP contribution in [0.25, 0.3) is 0 Å². The van der Waals surface area contributed by atoms with Gasteiger partial charge in [-0.25, -0.2) is 4.79 Å². The van der Waals surface area contributed by atoms with E-state index >= 15 is 0 Å². The first-order chi connectivity index (χ1) is 15.0. The van der Waals surface area contributed by atoms with E-state index in [1.165, 1.54) is 0 Å². The molecule has 0 radical (unpaired) electrons. The molecule has 0 saturated carbocycles. The molecule has 0 amide bonds. The van der Waals surface area contributed by atoms with Gasteiger partial charge in [0.05, 0.1) is 12.3 Å². The van der Waals surface area contributed by atoms with Crippen LogP contribution in [0.15, 0.2) is 12.1 Å². The van der Waals surface area contributed by atoms with Crippen molar-refractivity contribution in [2.24, 2.45) is 0 Å². The number of benzene rings is 1. The minimum absolute atomic E-state index is 0.00946. The van der Waals surface area contributed by atoms with Crippen LogP contribution in [0, 0.1) is 11.3 Å². The van der Waals surface area contributed by atoms with Gasteiger partial charge < -0.3 is 35.9 Å². The highest BCUT2D eigenvalue weighted by Gasteiger charge is 2.38. The van der Waals surface area contributed by atoms with Gasteiger partial charge in [-0.3, -0.25) is 0 Å². The van der Waals surface area contributed by atoms with Crippen molar-refractivity contribution < 1.29 is 42.4 Å². The van der Waals surface area contributed by atoms with E-state index in [2.05, 4.69) is 4.98 Å². The lowest BCUT2D eigenvalue weighted by Gasteiger charge is -2.22. The molecular formula is C19H19F3N4O6. The maximum Gasteiger partial charge on any atom is 0.490 e. The SMILES string of the molecule is CCOCCOc1cc2c(cc1O)Cc1c(nc(N)c(C#N)c1N)O2.O=C(O)C(F)(F)F. The van der Waals surface area contributed by atoms with Gasteiger partial charge in [-0.05, 0) is 13.0 Å². The summed E-state index contributed by atoms with van der Waals surface area (Å²) in [5.41, 5.74) is 13.4. The molecule has 2 aromatic rings. The number of ether oxygens (including phenoxy) is 3. The molecule has 3 rings (SSSR count). The minimum Gasteiger partial charge on any atom is -0.504 e. The van der Waals surface area contributed by atoms with Gasteiger partial charge in [0.2, 0.25) is 5.88 Å². The Bertz CT molecular complexity index is 1050. The molecule has 1 aromatic carbocycles. The van der Waals surface area contributed by atoms with Crippen molar-refractivity contribution in [1.82, 2.24) is 4.98 Å². The standard InChI is InChI=1S/C17H18N4O4.C2HF3O2/c1-2-23-3-4-24-14-7-13-9(6-12(14)22)5-10-15(19)11(8-18)16(20)21-17(10)25-13;3-2(4,5)1(6)7/h6-7,22H,2-5H2,1H3,(H4,19,20,21);(H,6,7). The first kappa shape index (κ1) is 24.4. The summed E-state index contributed by atoms with van der Waals surface area (Å²) in [6, 6.07) is 5.08. The van der Waals surface area contributed by atoms with E-state index in [4.69, 9.17) is 40.8 Å². The summed E-state index contributed by atoms with van der Waals surface area (Å²) in [6.45, 7) is 3.21. The summed E-state index contributed by atoms with van der Waals surface area (Å²) in [7, 11) is 0. The summed E-state index contributed by atoms with van der Waals surface area (Å²) >= 11 is 0. The van der Waals surface area contributed by atoms with Crippen LogP contribution in [0.3, 0.4) is 0 Å². The Balaban J connectivity index is 0.000000451. The van der Waals surface area contributed by atoms with E-state index in [1.807, 2.05) is 13.0 Å². The molecule has 0 unspecified atom stereocenters. The number of aromatic nitrogens is 1. The topological polar surface area (TPSA) is 174 Å². The number of alkyl halides is 3. The number of carbonyl (C=O) groups is 1. The largest absolute Gasteiger partial charge is 0.504 e. The van der Waals surface area contributed by atoms with Crippen molar-refractivity contribution in [2.75, 3.05) is 31.3 Å².